The van der Waals surface area contributed by atoms with Crippen LogP contribution in [0.3, 0.4) is 0 Å². The van der Waals surface area contributed by atoms with E-state index in [-0.39, 0.29) is 0 Å². The first-order valence-corrected chi connectivity index (χ1v) is 3.77. The summed E-state index contributed by atoms with van der Waals surface area (Å²) < 4.78 is 4.90. The molecule has 0 aliphatic heterocycles. The van der Waals surface area contributed by atoms with Gasteiger partial charge < -0.3 is 4.42 Å². The summed E-state index contributed by atoms with van der Waals surface area (Å²) in [5.41, 5.74) is 1.05. The summed E-state index contributed by atoms with van der Waals surface area (Å²) in [6.07, 6.45) is 5.13. The number of nitrogens with zero attached hydrogens (tertiary/aromatic N) is 1. The molecule has 0 amide bonds. The highest BCUT2D eigenvalue weighted by Gasteiger charge is 1.98. The smallest absolute Gasteiger partial charge is 0.126 e. The van der Waals surface area contributed by atoms with Gasteiger partial charge in [0.15, 0.2) is 0 Å². The van der Waals surface area contributed by atoms with Gasteiger partial charge in [-0.25, -0.2) is 4.98 Å². The predicted molar refractivity (Wildman–Crippen MR) is 39.8 cm³/mol. The number of hydrogen-bond acceptors (Lipinski definition) is 3. The zero-order valence-corrected chi connectivity index (χ0v) is 5.97. The quantitative estimate of drug-likeness (QED) is 0.625. The van der Waals surface area contributed by atoms with Crippen LogP contribution in [-0.4, -0.2) is 4.98 Å². The van der Waals surface area contributed by atoms with E-state index in [1.165, 1.54) is 0 Å². The molecule has 0 saturated heterocycles. The topological polar surface area (TPSA) is 26.0 Å². The van der Waals surface area contributed by atoms with E-state index in [4.69, 9.17) is 4.42 Å². The maximum absolute atomic E-state index is 4.90. The molecule has 0 aliphatic carbocycles. The Balaban J connectivity index is 2.48. The fourth-order valence-corrected chi connectivity index (χ4v) is 1.38. The van der Waals surface area contributed by atoms with Crippen molar-refractivity contribution in [1.29, 1.82) is 0 Å². The molecule has 10 heavy (non-hydrogen) atoms. The Bertz CT molecular complexity index is 253. The molecule has 2 nitrogen and oxygen atoms in total. The van der Waals surface area contributed by atoms with E-state index >= 15 is 0 Å². The van der Waals surface area contributed by atoms with Crippen molar-refractivity contribution in [2.75, 3.05) is 0 Å². The van der Waals surface area contributed by atoms with Gasteiger partial charge >= 0.3 is 0 Å². The van der Waals surface area contributed by atoms with Gasteiger partial charge in [-0.15, -0.1) is 11.3 Å². The minimum absolute atomic E-state index is 1.01. The normalized spacial score (nSPS) is 10.0. The highest BCUT2D eigenvalue weighted by molar-refractivity contribution is 7.13. The van der Waals surface area contributed by atoms with Gasteiger partial charge in [0.25, 0.3) is 0 Å². The molecular weight excluding hydrogens is 146 g/mol. The van der Waals surface area contributed by atoms with Crippen LogP contribution in [0.5, 0.6) is 0 Å². The number of aromatic nitrogens is 1. The summed E-state index contributed by atoms with van der Waals surface area (Å²) in [5, 5.41) is 2.95. The predicted octanol–water partition coefficient (Wildman–Crippen LogP) is 2.40. The Morgan fingerprint density at radius 1 is 1.50 bits per heavy atom. The van der Waals surface area contributed by atoms with E-state index in [9.17, 15) is 0 Å². The summed E-state index contributed by atoms with van der Waals surface area (Å²) in [7, 11) is 0. The molecule has 2 rings (SSSR count). The molecule has 0 bridgehead atoms. The zero-order valence-electron chi connectivity index (χ0n) is 5.15. The summed E-state index contributed by atoms with van der Waals surface area (Å²) in [6.45, 7) is 0. The fourth-order valence-electron chi connectivity index (χ4n) is 0.752. The molecule has 0 aliphatic rings. The number of thiazole rings is 1. The highest BCUT2D eigenvalue weighted by Crippen LogP contribution is 2.20. The van der Waals surface area contributed by atoms with Crippen LogP contribution < -0.4 is 0 Å². The van der Waals surface area contributed by atoms with Gasteiger partial charge in [-0.2, -0.15) is 0 Å². The zero-order chi connectivity index (χ0) is 6.81. The van der Waals surface area contributed by atoms with Gasteiger partial charge in [-0.1, -0.05) is 0 Å². The first-order chi connectivity index (χ1) is 4.97. The van der Waals surface area contributed by atoms with Crippen LogP contribution in [0.1, 0.15) is 0 Å². The standard InChI is InChI=1S/C7H5NOS/c1-3-9-5-6(1)7-8-2-4-10-7/h1-5H. The molecule has 0 unspecified atom stereocenters. The van der Waals surface area contributed by atoms with Crippen molar-refractivity contribution in [2.24, 2.45) is 0 Å². The van der Waals surface area contributed by atoms with Crippen LogP contribution in [0.25, 0.3) is 10.6 Å². The van der Waals surface area contributed by atoms with E-state index < -0.39 is 0 Å². The molecule has 0 radical (unpaired) electrons. The van der Waals surface area contributed by atoms with Crippen LogP contribution in [0.15, 0.2) is 34.6 Å². The van der Waals surface area contributed by atoms with Gasteiger partial charge in [0.1, 0.15) is 11.3 Å². The second-order valence-electron chi connectivity index (χ2n) is 1.85. The van der Waals surface area contributed by atoms with Crippen LogP contribution in [0.4, 0.5) is 0 Å². The molecule has 0 spiro atoms. The maximum Gasteiger partial charge on any atom is 0.126 e. The SMILES string of the molecule is c1csc(-c2ccoc2)n1. The lowest BCUT2D eigenvalue weighted by molar-refractivity contribution is 0.568. The molecule has 2 aromatic heterocycles. The maximum atomic E-state index is 4.90. The Morgan fingerprint density at radius 3 is 3.10 bits per heavy atom. The number of hydrogen-bond donors (Lipinski definition) is 0. The molecule has 50 valence electrons. The lowest BCUT2D eigenvalue weighted by atomic mass is 10.4. The van der Waals surface area contributed by atoms with E-state index in [0.29, 0.717) is 0 Å². The second-order valence-corrected chi connectivity index (χ2v) is 2.74. The molecule has 0 atom stereocenters. The molecule has 0 saturated carbocycles. The van der Waals surface area contributed by atoms with Crippen LogP contribution in [0.2, 0.25) is 0 Å². The average molecular weight is 151 g/mol. The molecule has 0 N–H and O–H groups in total. The Morgan fingerprint density at radius 2 is 2.50 bits per heavy atom. The highest BCUT2D eigenvalue weighted by atomic mass is 32.1. The molecule has 3 heteroatoms. The molecule has 0 aromatic carbocycles. The second kappa shape index (κ2) is 2.27. The summed E-state index contributed by atoms with van der Waals surface area (Å²) in [4.78, 5) is 4.12. The Kier molecular flexibility index (Phi) is 1.29. The first kappa shape index (κ1) is 5.68. The molecule has 0 fully saturated rings. The van der Waals surface area contributed by atoms with Crippen molar-refractivity contribution < 1.29 is 4.42 Å². The van der Waals surface area contributed by atoms with Crippen molar-refractivity contribution in [3.05, 3.63) is 30.2 Å². The summed E-state index contributed by atoms with van der Waals surface area (Å²) in [6, 6.07) is 1.90. The minimum Gasteiger partial charge on any atom is -0.472 e. The Hall–Kier alpha value is -1.09. The minimum atomic E-state index is 1.01. The fraction of sp³-hybridized carbons (Fsp3) is 0. The van der Waals surface area contributed by atoms with Gasteiger partial charge in [0.05, 0.1) is 6.26 Å². The van der Waals surface area contributed by atoms with Crippen molar-refractivity contribution in [3.63, 3.8) is 0 Å². The van der Waals surface area contributed by atoms with E-state index in [0.717, 1.165) is 10.6 Å². The summed E-state index contributed by atoms with van der Waals surface area (Å²) in [5.74, 6) is 0. The molecular formula is C7H5NOS. The third-order valence-electron chi connectivity index (χ3n) is 1.20. The first-order valence-electron chi connectivity index (χ1n) is 2.89. The van der Waals surface area contributed by atoms with Gasteiger partial charge in [0.2, 0.25) is 0 Å². The number of rotatable bonds is 1. The van der Waals surface area contributed by atoms with Crippen LogP contribution in [-0.2, 0) is 0 Å². The van der Waals surface area contributed by atoms with Crippen molar-refractivity contribution in [3.8, 4) is 10.6 Å². The van der Waals surface area contributed by atoms with Crippen LogP contribution >= 0.6 is 11.3 Å². The van der Waals surface area contributed by atoms with E-state index in [2.05, 4.69) is 4.98 Å². The summed E-state index contributed by atoms with van der Waals surface area (Å²) >= 11 is 1.61. The van der Waals surface area contributed by atoms with E-state index in [1.807, 2.05) is 11.4 Å². The molecule has 2 aromatic rings. The van der Waals surface area contributed by atoms with Gasteiger partial charge in [-0.3, -0.25) is 0 Å². The van der Waals surface area contributed by atoms with Crippen LogP contribution in [0, 0.1) is 0 Å². The van der Waals surface area contributed by atoms with Crippen molar-refractivity contribution in [1.82, 2.24) is 4.98 Å². The van der Waals surface area contributed by atoms with Gasteiger partial charge in [-0.05, 0) is 6.07 Å². The third kappa shape index (κ3) is 0.844. The van der Waals surface area contributed by atoms with Gasteiger partial charge in [0, 0.05) is 17.1 Å². The largest absolute Gasteiger partial charge is 0.472 e. The third-order valence-corrected chi connectivity index (χ3v) is 2.02. The van der Waals surface area contributed by atoms with E-state index in [1.54, 1.807) is 30.1 Å². The average Bonchev–Trinajstić information content (AvgIpc) is 2.59. The lowest BCUT2D eigenvalue weighted by Gasteiger charge is -1.82. The monoisotopic (exact) mass is 151 g/mol. The van der Waals surface area contributed by atoms with Crippen molar-refractivity contribution >= 4 is 11.3 Å². The molecule has 2 heterocycles. The van der Waals surface area contributed by atoms with Crippen molar-refractivity contribution in [2.45, 2.75) is 0 Å². The lowest BCUT2D eigenvalue weighted by Crippen LogP contribution is -1.65. The number of furan rings is 1. The Labute approximate surface area is 62.1 Å².